The molecule has 18 heavy (non-hydrogen) atoms. The largest absolute Gasteiger partial charge is 0.480 e. The number of carboxylic acids is 1. The molecule has 0 aliphatic carbocycles. The molecule has 2 aromatic heterocycles. The van der Waals surface area contributed by atoms with Crippen LogP contribution < -0.4 is 4.90 Å². The van der Waals surface area contributed by atoms with Crippen molar-refractivity contribution in [3.8, 4) is 0 Å². The van der Waals surface area contributed by atoms with Crippen LogP contribution >= 0.6 is 11.3 Å². The Kier molecular flexibility index (Phi) is 2.68. The van der Waals surface area contributed by atoms with Gasteiger partial charge in [0.1, 0.15) is 11.9 Å². The molecule has 0 spiro atoms. The third kappa shape index (κ3) is 1.74. The first-order valence-electron chi connectivity index (χ1n) is 5.66. The fourth-order valence-corrected chi connectivity index (χ4v) is 3.17. The summed E-state index contributed by atoms with van der Waals surface area (Å²) in [6.07, 6.45) is 1.32. The summed E-state index contributed by atoms with van der Waals surface area (Å²) in [7, 11) is 0. The van der Waals surface area contributed by atoms with Gasteiger partial charge in [-0.05, 0) is 17.5 Å². The molecule has 1 aliphatic heterocycles. The smallest absolute Gasteiger partial charge is 0.326 e. The number of thiophene rings is 1. The quantitative estimate of drug-likeness (QED) is 0.855. The molecule has 6 heteroatoms. The van der Waals surface area contributed by atoms with Crippen molar-refractivity contribution in [2.75, 3.05) is 11.4 Å². The molecule has 1 aliphatic rings. The lowest BCUT2D eigenvalue weighted by atomic mass is 10.2. The second-order valence-corrected chi connectivity index (χ2v) is 5.31. The number of hydrogen-bond acceptors (Lipinski definition) is 5. The number of aliphatic carboxylic acids is 1. The zero-order valence-corrected chi connectivity index (χ0v) is 10.3. The van der Waals surface area contributed by atoms with Crippen LogP contribution in [0.2, 0.25) is 0 Å². The number of hydrogen-bond donors (Lipinski definition) is 2. The van der Waals surface area contributed by atoms with Gasteiger partial charge in [0, 0.05) is 29.2 Å². The lowest BCUT2D eigenvalue weighted by molar-refractivity contribution is -0.138. The number of aliphatic hydroxyl groups is 1. The van der Waals surface area contributed by atoms with E-state index in [1.807, 2.05) is 17.5 Å². The molecular formula is C12H12N2O3S. The minimum Gasteiger partial charge on any atom is -0.480 e. The maximum Gasteiger partial charge on any atom is 0.326 e. The predicted octanol–water partition coefficient (Wildman–Crippen LogP) is 1.32. The van der Waals surface area contributed by atoms with E-state index in [9.17, 15) is 15.0 Å². The Bertz CT molecular complexity index is 598. The van der Waals surface area contributed by atoms with Gasteiger partial charge in [0.15, 0.2) is 0 Å². The van der Waals surface area contributed by atoms with Crippen LogP contribution in [0.3, 0.4) is 0 Å². The minimum atomic E-state index is -0.916. The number of anilines is 1. The molecule has 5 nitrogen and oxygen atoms in total. The van der Waals surface area contributed by atoms with E-state index >= 15 is 0 Å². The summed E-state index contributed by atoms with van der Waals surface area (Å²) in [5.74, 6) is -0.265. The number of aromatic nitrogens is 1. The van der Waals surface area contributed by atoms with Gasteiger partial charge in [0.2, 0.25) is 0 Å². The first kappa shape index (κ1) is 11.4. The van der Waals surface area contributed by atoms with Crippen molar-refractivity contribution in [3.63, 3.8) is 0 Å². The Morgan fingerprint density at radius 2 is 2.33 bits per heavy atom. The zero-order valence-electron chi connectivity index (χ0n) is 9.48. The first-order valence-corrected chi connectivity index (χ1v) is 6.54. The molecule has 2 N–H and O–H groups in total. The van der Waals surface area contributed by atoms with Crippen molar-refractivity contribution >= 4 is 33.2 Å². The van der Waals surface area contributed by atoms with Crippen LogP contribution in [0.1, 0.15) is 6.42 Å². The second-order valence-electron chi connectivity index (χ2n) is 4.36. The second kappa shape index (κ2) is 4.22. The standard InChI is InChI=1S/C12H12N2O3S/c15-7-5-9(12(16)17)14(6-7)11-8-2-4-18-10(8)1-3-13-11/h1-4,7,9,15H,5-6H2,(H,16,17). The van der Waals surface area contributed by atoms with Gasteiger partial charge in [-0.2, -0.15) is 0 Å². The van der Waals surface area contributed by atoms with Crippen LogP contribution in [0, 0.1) is 0 Å². The zero-order chi connectivity index (χ0) is 12.7. The lowest BCUT2D eigenvalue weighted by Gasteiger charge is -2.22. The molecule has 2 aromatic rings. The van der Waals surface area contributed by atoms with Crippen molar-refractivity contribution in [1.82, 2.24) is 4.98 Å². The molecule has 1 saturated heterocycles. The third-order valence-electron chi connectivity index (χ3n) is 3.19. The Balaban J connectivity index is 2.08. The van der Waals surface area contributed by atoms with E-state index in [0.717, 1.165) is 10.1 Å². The number of β-amino-alcohol motifs (C(OH)–C–C–N with tert-alkyl or cyclic N) is 1. The number of carboxylic acid groups (broad SMARTS) is 1. The lowest BCUT2D eigenvalue weighted by Crippen LogP contribution is -2.36. The van der Waals surface area contributed by atoms with Gasteiger partial charge in [0.05, 0.1) is 6.10 Å². The van der Waals surface area contributed by atoms with Gasteiger partial charge in [-0.3, -0.25) is 0 Å². The Hall–Kier alpha value is -1.66. The summed E-state index contributed by atoms with van der Waals surface area (Å²) >= 11 is 1.59. The molecule has 1 fully saturated rings. The van der Waals surface area contributed by atoms with Crippen LogP contribution in [0.15, 0.2) is 23.7 Å². The highest BCUT2D eigenvalue weighted by Crippen LogP contribution is 2.32. The Morgan fingerprint density at radius 3 is 3.11 bits per heavy atom. The van der Waals surface area contributed by atoms with E-state index in [-0.39, 0.29) is 6.42 Å². The van der Waals surface area contributed by atoms with Gasteiger partial charge in [0.25, 0.3) is 0 Å². The predicted molar refractivity (Wildman–Crippen MR) is 69.0 cm³/mol. The summed E-state index contributed by atoms with van der Waals surface area (Å²) in [4.78, 5) is 17.2. The number of carbonyl (C=O) groups is 1. The van der Waals surface area contributed by atoms with Crippen molar-refractivity contribution in [2.45, 2.75) is 18.6 Å². The number of pyridine rings is 1. The van der Waals surface area contributed by atoms with E-state index in [1.54, 1.807) is 22.4 Å². The van der Waals surface area contributed by atoms with Crippen molar-refractivity contribution in [2.24, 2.45) is 0 Å². The summed E-state index contributed by atoms with van der Waals surface area (Å²) in [6, 6.07) is 3.15. The fourth-order valence-electron chi connectivity index (χ4n) is 2.39. The number of aliphatic hydroxyl groups excluding tert-OH is 1. The van der Waals surface area contributed by atoms with E-state index in [2.05, 4.69) is 4.98 Å². The fraction of sp³-hybridized carbons (Fsp3) is 0.333. The Labute approximate surface area is 107 Å². The molecule has 3 heterocycles. The van der Waals surface area contributed by atoms with Crippen molar-refractivity contribution < 1.29 is 15.0 Å². The molecule has 3 rings (SSSR count). The highest BCUT2D eigenvalue weighted by Gasteiger charge is 2.37. The topological polar surface area (TPSA) is 73.7 Å². The molecule has 0 bridgehead atoms. The maximum atomic E-state index is 11.2. The molecule has 2 unspecified atom stereocenters. The minimum absolute atomic E-state index is 0.248. The molecule has 0 amide bonds. The third-order valence-corrected chi connectivity index (χ3v) is 4.08. The van der Waals surface area contributed by atoms with E-state index in [4.69, 9.17) is 0 Å². The van der Waals surface area contributed by atoms with Crippen LogP contribution in [-0.4, -0.2) is 39.9 Å². The molecular weight excluding hydrogens is 252 g/mol. The van der Waals surface area contributed by atoms with Crippen molar-refractivity contribution in [1.29, 1.82) is 0 Å². The molecule has 94 valence electrons. The highest BCUT2D eigenvalue weighted by atomic mass is 32.1. The summed E-state index contributed by atoms with van der Waals surface area (Å²) in [5, 5.41) is 21.8. The van der Waals surface area contributed by atoms with Gasteiger partial charge in [-0.1, -0.05) is 0 Å². The molecule has 0 saturated carbocycles. The summed E-state index contributed by atoms with van der Waals surface area (Å²) < 4.78 is 1.07. The molecule has 2 atom stereocenters. The molecule has 0 radical (unpaired) electrons. The first-order chi connectivity index (χ1) is 8.66. The van der Waals surface area contributed by atoms with E-state index in [0.29, 0.717) is 12.4 Å². The van der Waals surface area contributed by atoms with Crippen LogP contribution in [-0.2, 0) is 4.79 Å². The number of rotatable bonds is 2. The van der Waals surface area contributed by atoms with Crippen LogP contribution in [0.5, 0.6) is 0 Å². The monoisotopic (exact) mass is 264 g/mol. The normalized spacial score (nSPS) is 23.7. The van der Waals surface area contributed by atoms with Gasteiger partial charge in [-0.25, -0.2) is 9.78 Å². The summed E-state index contributed by atoms with van der Waals surface area (Å²) in [5.41, 5.74) is 0. The van der Waals surface area contributed by atoms with Crippen LogP contribution in [0.4, 0.5) is 5.82 Å². The SMILES string of the molecule is O=C(O)C1CC(O)CN1c1nccc2sccc12. The van der Waals surface area contributed by atoms with Gasteiger partial charge >= 0.3 is 5.97 Å². The molecule has 0 aromatic carbocycles. The number of fused-ring (bicyclic) bond motifs is 1. The van der Waals surface area contributed by atoms with Crippen LogP contribution in [0.25, 0.3) is 10.1 Å². The Morgan fingerprint density at radius 1 is 1.50 bits per heavy atom. The number of nitrogens with zero attached hydrogens (tertiary/aromatic N) is 2. The summed E-state index contributed by atoms with van der Waals surface area (Å²) in [6.45, 7) is 0.318. The van der Waals surface area contributed by atoms with E-state index < -0.39 is 18.1 Å². The van der Waals surface area contributed by atoms with E-state index in [1.165, 1.54) is 0 Å². The van der Waals surface area contributed by atoms with Crippen molar-refractivity contribution in [3.05, 3.63) is 23.7 Å². The average molecular weight is 264 g/mol. The average Bonchev–Trinajstić information content (AvgIpc) is 2.94. The van der Waals surface area contributed by atoms with Gasteiger partial charge in [-0.15, -0.1) is 11.3 Å². The highest BCUT2D eigenvalue weighted by molar-refractivity contribution is 7.17. The van der Waals surface area contributed by atoms with Gasteiger partial charge < -0.3 is 15.1 Å². The maximum absolute atomic E-state index is 11.2.